The summed E-state index contributed by atoms with van der Waals surface area (Å²) < 4.78 is 6.73. The minimum absolute atomic E-state index is 0.295. The first-order chi connectivity index (χ1) is 8.24. The number of hydrogen-bond donors (Lipinski definition) is 1. The molecule has 4 heteroatoms. The molecule has 1 N–H and O–H groups in total. The van der Waals surface area contributed by atoms with Gasteiger partial charge >= 0.3 is 5.76 Å². The molecule has 0 bridgehead atoms. The minimum atomic E-state index is -0.295. The monoisotopic (exact) mass is 232 g/mol. The predicted octanol–water partition coefficient (Wildman–Crippen LogP) is 1.43. The summed E-state index contributed by atoms with van der Waals surface area (Å²) in [6, 6.07) is 6.60. The molecule has 0 amide bonds. The highest BCUT2D eigenvalue weighted by molar-refractivity contribution is 5.73. The molecule has 1 atom stereocenters. The van der Waals surface area contributed by atoms with Gasteiger partial charge in [-0.2, -0.15) is 0 Å². The van der Waals surface area contributed by atoms with Gasteiger partial charge in [0.2, 0.25) is 0 Å². The molecule has 0 saturated carbocycles. The van der Waals surface area contributed by atoms with Crippen LogP contribution in [0.5, 0.6) is 0 Å². The van der Waals surface area contributed by atoms with Gasteiger partial charge < -0.3 is 9.73 Å². The lowest BCUT2D eigenvalue weighted by atomic mass is 10.0. The molecule has 1 aliphatic heterocycles. The molecule has 1 aromatic carbocycles. The Bertz CT molecular complexity index is 591. The van der Waals surface area contributed by atoms with Crippen LogP contribution in [0.1, 0.15) is 18.4 Å². The Kier molecular flexibility index (Phi) is 2.52. The molecule has 1 aromatic heterocycles. The van der Waals surface area contributed by atoms with E-state index in [0.29, 0.717) is 11.6 Å². The highest BCUT2D eigenvalue weighted by Gasteiger charge is 2.15. The van der Waals surface area contributed by atoms with Crippen LogP contribution < -0.4 is 11.1 Å². The topological polar surface area (TPSA) is 47.2 Å². The van der Waals surface area contributed by atoms with Crippen molar-refractivity contribution in [1.29, 1.82) is 0 Å². The fourth-order valence-corrected chi connectivity index (χ4v) is 2.52. The van der Waals surface area contributed by atoms with Crippen LogP contribution in [0, 0.1) is 0 Å². The normalized spacial score (nSPS) is 20.2. The van der Waals surface area contributed by atoms with Crippen molar-refractivity contribution in [3.8, 4) is 0 Å². The summed E-state index contributed by atoms with van der Waals surface area (Å²) in [5.41, 5.74) is 2.78. The minimum Gasteiger partial charge on any atom is -0.408 e. The van der Waals surface area contributed by atoms with E-state index < -0.39 is 0 Å². The number of hydrogen-bond acceptors (Lipinski definition) is 3. The fourth-order valence-electron chi connectivity index (χ4n) is 2.52. The largest absolute Gasteiger partial charge is 0.419 e. The summed E-state index contributed by atoms with van der Waals surface area (Å²) in [6.45, 7) is 1.12. The zero-order chi connectivity index (χ0) is 11.8. The number of fused-ring (bicyclic) bond motifs is 1. The SMILES string of the molecule is Cn1c(=O)oc2cc(CC3CCCN3)ccc21. The van der Waals surface area contributed by atoms with Crippen molar-refractivity contribution in [2.75, 3.05) is 6.54 Å². The molecule has 1 unspecified atom stereocenters. The lowest BCUT2D eigenvalue weighted by Gasteiger charge is -2.09. The van der Waals surface area contributed by atoms with Crippen LogP contribution in [0.25, 0.3) is 11.1 Å². The summed E-state index contributed by atoms with van der Waals surface area (Å²) in [5.74, 6) is -0.295. The van der Waals surface area contributed by atoms with Crippen molar-refractivity contribution in [3.63, 3.8) is 0 Å². The molecule has 1 saturated heterocycles. The zero-order valence-electron chi connectivity index (χ0n) is 9.90. The number of aromatic nitrogens is 1. The van der Waals surface area contributed by atoms with Crippen molar-refractivity contribution < 1.29 is 4.42 Å². The molecule has 4 nitrogen and oxygen atoms in total. The molecule has 3 rings (SSSR count). The van der Waals surface area contributed by atoms with Gasteiger partial charge in [0.1, 0.15) is 0 Å². The van der Waals surface area contributed by atoms with Gasteiger partial charge in [0.05, 0.1) is 5.52 Å². The van der Waals surface area contributed by atoms with Crippen molar-refractivity contribution in [2.45, 2.75) is 25.3 Å². The Labute approximate surface area is 99.2 Å². The van der Waals surface area contributed by atoms with Gasteiger partial charge in [-0.15, -0.1) is 0 Å². The van der Waals surface area contributed by atoms with E-state index in [1.807, 2.05) is 12.1 Å². The van der Waals surface area contributed by atoms with Crippen LogP contribution in [0.2, 0.25) is 0 Å². The van der Waals surface area contributed by atoms with E-state index in [0.717, 1.165) is 18.5 Å². The lowest BCUT2D eigenvalue weighted by Crippen LogP contribution is -2.23. The van der Waals surface area contributed by atoms with Crippen LogP contribution in [-0.2, 0) is 13.5 Å². The molecule has 0 radical (unpaired) electrons. The quantitative estimate of drug-likeness (QED) is 0.852. The van der Waals surface area contributed by atoms with Crippen molar-refractivity contribution in [1.82, 2.24) is 9.88 Å². The first kappa shape index (κ1) is 10.6. The fraction of sp³-hybridized carbons (Fsp3) is 0.462. The maximum absolute atomic E-state index is 11.4. The first-order valence-corrected chi connectivity index (χ1v) is 6.06. The van der Waals surface area contributed by atoms with E-state index in [4.69, 9.17) is 4.42 Å². The Morgan fingerprint density at radius 3 is 3.18 bits per heavy atom. The highest BCUT2D eigenvalue weighted by Crippen LogP contribution is 2.17. The number of aryl methyl sites for hydroxylation is 1. The van der Waals surface area contributed by atoms with E-state index in [1.165, 1.54) is 23.0 Å². The van der Waals surface area contributed by atoms with E-state index in [2.05, 4.69) is 11.4 Å². The van der Waals surface area contributed by atoms with Gasteiger partial charge in [-0.3, -0.25) is 4.57 Å². The van der Waals surface area contributed by atoms with Gasteiger partial charge in [0.25, 0.3) is 0 Å². The van der Waals surface area contributed by atoms with Crippen LogP contribution in [0.15, 0.2) is 27.4 Å². The zero-order valence-corrected chi connectivity index (χ0v) is 9.90. The number of rotatable bonds is 2. The third-order valence-electron chi connectivity index (χ3n) is 3.50. The maximum Gasteiger partial charge on any atom is 0.419 e. The molecular weight excluding hydrogens is 216 g/mol. The van der Waals surface area contributed by atoms with E-state index in [-0.39, 0.29) is 5.76 Å². The van der Waals surface area contributed by atoms with Crippen molar-refractivity contribution in [3.05, 3.63) is 34.3 Å². The molecule has 1 aliphatic rings. The van der Waals surface area contributed by atoms with Crippen LogP contribution >= 0.6 is 0 Å². The van der Waals surface area contributed by atoms with Gasteiger partial charge in [-0.05, 0) is 43.5 Å². The molecule has 90 valence electrons. The lowest BCUT2D eigenvalue weighted by molar-refractivity contribution is 0.527. The molecular formula is C13H16N2O2. The van der Waals surface area contributed by atoms with E-state index in [1.54, 1.807) is 7.05 Å². The standard InChI is InChI=1S/C13H16N2O2/c1-15-11-5-4-9(7-10-3-2-6-14-10)8-12(11)17-13(15)16/h4-5,8,10,14H,2-3,6-7H2,1H3. The van der Waals surface area contributed by atoms with Crippen molar-refractivity contribution in [2.24, 2.45) is 7.05 Å². The summed E-state index contributed by atoms with van der Waals surface area (Å²) in [7, 11) is 1.73. The summed E-state index contributed by atoms with van der Waals surface area (Å²) in [4.78, 5) is 11.4. The summed E-state index contributed by atoms with van der Waals surface area (Å²) >= 11 is 0. The average molecular weight is 232 g/mol. The first-order valence-electron chi connectivity index (χ1n) is 6.06. The van der Waals surface area contributed by atoms with Crippen molar-refractivity contribution >= 4 is 11.1 Å². The smallest absolute Gasteiger partial charge is 0.408 e. The molecule has 2 heterocycles. The van der Waals surface area contributed by atoms with E-state index in [9.17, 15) is 4.79 Å². The predicted molar refractivity (Wildman–Crippen MR) is 66.2 cm³/mol. The second kappa shape index (κ2) is 4.04. The number of nitrogens with zero attached hydrogens (tertiary/aromatic N) is 1. The van der Waals surface area contributed by atoms with Gasteiger partial charge in [0, 0.05) is 13.1 Å². The third kappa shape index (κ3) is 1.89. The second-order valence-corrected chi connectivity index (χ2v) is 4.73. The Hall–Kier alpha value is -1.55. The Morgan fingerprint density at radius 1 is 1.53 bits per heavy atom. The highest BCUT2D eigenvalue weighted by atomic mass is 16.4. The number of nitrogens with one attached hydrogen (secondary N) is 1. The van der Waals surface area contributed by atoms with Crippen LogP contribution in [0.3, 0.4) is 0 Å². The molecule has 1 fully saturated rings. The number of oxazole rings is 1. The summed E-state index contributed by atoms with van der Waals surface area (Å²) in [5, 5.41) is 3.47. The van der Waals surface area contributed by atoms with Crippen LogP contribution in [0.4, 0.5) is 0 Å². The van der Waals surface area contributed by atoms with Crippen LogP contribution in [-0.4, -0.2) is 17.2 Å². The maximum atomic E-state index is 11.4. The molecule has 17 heavy (non-hydrogen) atoms. The average Bonchev–Trinajstić information content (AvgIpc) is 2.89. The molecule has 2 aromatic rings. The van der Waals surface area contributed by atoms with Gasteiger partial charge in [-0.1, -0.05) is 6.07 Å². The Morgan fingerprint density at radius 2 is 2.41 bits per heavy atom. The molecule has 0 aliphatic carbocycles. The second-order valence-electron chi connectivity index (χ2n) is 4.73. The van der Waals surface area contributed by atoms with Gasteiger partial charge in [-0.25, -0.2) is 4.79 Å². The third-order valence-corrected chi connectivity index (χ3v) is 3.50. The Balaban J connectivity index is 1.93. The van der Waals surface area contributed by atoms with E-state index >= 15 is 0 Å². The van der Waals surface area contributed by atoms with Gasteiger partial charge in [0.15, 0.2) is 5.58 Å². The summed E-state index contributed by atoms with van der Waals surface area (Å²) in [6.07, 6.45) is 3.50. The molecule has 0 spiro atoms. The number of benzene rings is 1.